The van der Waals surface area contributed by atoms with Gasteiger partial charge in [-0.15, -0.1) is 6.42 Å². The third-order valence-corrected chi connectivity index (χ3v) is 24.8. The van der Waals surface area contributed by atoms with Crippen LogP contribution in [0.3, 0.4) is 0 Å². The lowest BCUT2D eigenvalue weighted by Crippen LogP contribution is -2.12. The van der Waals surface area contributed by atoms with Gasteiger partial charge in [-0.2, -0.15) is 0 Å². The van der Waals surface area contributed by atoms with Gasteiger partial charge in [0.1, 0.15) is 0 Å². The van der Waals surface area contributed by atoms with Crippen molar-refractivity contribution >= 4 is 127 Å². The Bertz CT molecular complexity index is 5410. The third-order valence-electron chi connectivity index (χ3n) is 19.8. The zero-order chi connectivity index (χ0) is 84.4. The molecule has 0 saturated heterocycles. The fraction of sp³-hybridized carbons (Fsp3) is 0.222. The Morgan fingerprint density at radius 2 is 0.302 bits per heavy atom. The van der Waals surface area contributed by atoms with E-state index in [2.05, 4.69) is 417 Å². The molecular formula is C108H86Br8. The van der Waals surface area contributed by atoms with Gasteiger partial charge in [-0.1, -0.05) is 336 Å². The summed E-state index contributed by atoms with van der Waals surface area (Å²) in [6.07, 6.45) is 21.1. The molecule has 0 atom stereocenters. The largest absolute Gasteiger partial charge is 0.115 e. The maximum Gasteiger partial charge on any atom is 0.0531 e. The van der Waals surface area contributed by atoms with Crippen LogP contribution >= 0.6 is 127 Å². The molecule has 11 aromatic rings. The average Bonchev–Trinajstić information content (AvgIpc) is 0.805. The smallest absolute Gasteiger partial charge is 0.0531 e. The standard InChI is InChI=1S/C108H86Br8/c1-22-72-43-73(23-25-75-46-77(27-31-81-52-97(109)93(98(110)53-81)60-89-64(2)35-85(36-65(89)3)105(10,11)12)50-78(47-75)28-32-82-54-99(111)94(100(112)55-82)61-90-66(4)37-86(38-67(90)5)106(13,14)15)45-74(44-72)24-26-76-48-79(29-33-83-56-101(113)95(102(114)57-83)62-91-68(6)39-87(40-69(91)7)107(16,17)18)51-80(49-76)30-34-84-58-103(115)96(104(116)59-84)63-92-70(8)41-88(42-71(92)9)108(19,20)21/h1,35-59H,2-21H3. The highest BCUT2D eigenvalue weighted by atomic mass is 79.9. The summed E-state index contributed by atoms with van der Waals surface area (Å²) in [5, 5.41) is 0. The van der Waals surface area contributed by atoms with E-state index in [0.29, 0.717) is 27.8 Å². The van der Waals surface area contributed by atoms with Crippen molar-refractivity contribution in [2.45, 2.75) is 160 Å². The maximum atomic E-state index is 6.23. The summed E-state index contributed by atoms with van der Waals surface area (Å²) in [4.78, 5) is 0. The van der Waals surface area contributed by atoms with Gasteiger partial charge in [-0.3, -0.25) is 0 Å². The van der Waals surface area contributed by atoms with Gasteiger partial charge in [0.05, 0.1) is 25.7 Å². The highest BCUT2D eigenvalue weighted by Gasteiger charge is 2.24. The lowest BCUT2D eigenvalue weighted by Gasteiger charge is -2.22. The Balaban J connectivity index is 0.949. The number of aryl methyl sites for hydroxylation is 8. The molecule has 0 bridgehead atoms. The summed E-state index contributed by atoms with van der Waals surface area (Å²) in [6.45, 7) is 44.1. The van der Waals surface area contributed by atoms with E-state index in [1.807, 2.05) is 103 Å². The summed E-state index contributed by atoms with van der Waals surface area (Å²) in [7, 11) is 0. The quantitative estimate of drug-likeness (QED) is 0.133. The molecule has 0 aliphatic rings. The second-order valence-electron chi connectivity index (χ2n) is 33.7. The van der Waals surface area contributed by atoms with E-state index in [1.54, 1.807) is 0 Å². The molecule has 8 radical (unpaired) electrons. The molecular weight excluding hydrogens is 1940 g/mol. The first-order valence-corrected chi connectivity index (χ1v) is 44.3. The van der Waals surface area contributed by atoms with Crippen molar-refractivity contribution in [3.8, 4) is 83.4 Å². The third kappa shape index (κ3) is 22.6. The second-order valence-corrected chi connectivity index (χ2v) is 40.6. The Morgan fingerprint density at radius 1 is 0.181 bits per heavy atom. The molecule has 0 heterocycles. The second kappa shape index (κ2) is 36.8. The van der Waals surface area contributed by atoms with Gasteiger partial charge in [0.15, 0.2) is 0 Å². The van der Waals surface area contributed by atoms with Crippen molar-refractivity contribution in [1.82, 2.24) is 0 Å². The molecule has 0 N–H and O–H groups in total. The Morgan fingerprint density at radius 3 is 0.422 bits per heavy atom. The molecule has 0 aliphatic heterocycles. The summed E-state index contributed by atoms with van der Waals surface area (Å²) < 4.78 is 6.92. The van der Waals surface area contributed by atoms with Gasteiger partial charge in [-0.05, 0) is 291 Å². The van der Waals surface area contributed by atoms with Crippen LogP contribution in [0, 0.1) is 164 Å². The first-order valence-electron chi connectivity index (χ1n) is 38.0. The molecule has 0 nitrogen and oxygen atoms in total. The molecule has 0 aromatic heterocycles. The van der Waals surface area contributed by atoms with Crippen LogP contribution in [-0.2, 0) is 21.7 Å². The summed E-state index contributed by atoms with van der Waals surface area (Å²) >= 11 is 31.1. The zero-order valence-corrected chi connectivity index (χ0v) is 81.7. The first kappa shape index (κ1) is 89.0. The average molecular weight is 2020 g/mol. The van der Waals surface area contributed by atoms with Crippen molar-refractivity contribution in [3.63, 3.8) is 0 Å². The van der Waals surface area contributed by atoms with Crippen molar-refractivity contribution < 1.29 is 0 Å². The molecule has 574 valence electrons. The van der Waals surface area contributed by atoms with E-state index in [9.17, 15) is 0 Å². The van der Waals surface area contributed by atoms with Gasteiger partial charge in [0, 0.05) is 108 Å². The van der Waals surface area contributed by atoms with Gasteiger partial charge in [0.2, 0.25) is 0 Å². The molecule has 0 aliphatic carbocycles. The van der Waals surface area contributed by atoms with Crippen LogP contribution < -0.4 is 0 Å². The minimum absolute atomic E-state index is 0.0264. The van der Waals surface area contributed by atoms with E-state index in [0.717, 1.165) is 125 Å². The molecule has 0 spiro atoms. The molecule has 0 fully saturated rings. The summed E-state index contributed by atoms with van der Waals surface area (Å²) in [6, 6.07) is 52.2. The van der Waals surface area contributed by atoms with Crippen LogP contribution in [0.2, 0.25) is 0 Å². The fourth-order valence-corrected chi connectivity index (χ4v) is 18.9. The first-order chi connectivity index (χ1) is 54.4. The summed E-state index contributed by atoms with van der Waals surface area (Å²) in [5.41, 5.74) is 32.1. The molecule has 0 saturated carbocycles. The minimum Gasteiger partial charge on any atom is -0.115 e. The number of halogens is 8. The molecule has 0 amide bonds. The number of benzene rings is 11. The lowest BCUT2D eigenvalue weighted by molar-refractivity contribution is 0.588. The van der Waals surface area contributed by atoms with Crippen LogP contribution in [0.5, 0.6) is 0 Å². The topological polar surface area (TPSA) is 0 Å². The van der Waals surface area contributed by atoms with E-state index in [1.165, 1.54) is 66.8 Å². The zero-order valence-electron chi connectivity index (χ0n) is 69.0. The highest BCUT2D eigenvalue weighted by Crippen LogP contribution is 2.41. The van der Waals surface area contributed by atoms with Gasteiger partial charge in [0.25, 0.3) is 0 Å². The predicted molar refractivity (Wildman–Crippen MR) is 515 cm³/mol. The Kier molecular flexibility index (Phi) is 28.2. The molecule has 11 rings (SSSR count). The molecule has 0 unspecified atom stereocenters. The van der Waals surface area contributed by atoms with Crippen molar-refractivity contribution in [1.29, 1.82) is 0 Å². The van der Waals surface area contributed by atoms with Gasteiger partial charge >= 0.3 is 0 Å². The highest BCUT2D eigenvalue weighted by molar-refractivity contribution is 9.12. The maximum absolute atomic E-state index is 6.23. The van der Waals surface area contributed by atoms with Crippen LogP contribution in [0.4, 0.5) is 0 Å². The Hall–Kier alpha value is -7.82. The molecule has 8 heteroatoms. The van der Waals surface area contributed by atoms with Crippen molar-refractivity contribution in [3.05, 3.63) is 397 Å². The monoisotopic (exact) mass is 2010 g/mol. The number of terminal acetylenes is 1. The fourth-order valence-electron chi connectivity index (χ4n) is 13.3. The van der Waals surface area contributed by atoms with E-state index in [4.69, 9.17) is 6.42 Å². The summed E-state index contributed by atoms with van der Waals surface area (Å²) in [5.74, 6) is 44.3. The molecule has 11 aromatic carbocycles. The molecule has 116 heavy (non-hydrogen) atoms. The van der Waals surface area contributed by atoms with E-state index < -0.39 is 0 Å². The normalized spacial score (nSPS) is 11.3. The van der Waals surface area contributed by atoms with Crippen LogP contribution in [0.25, 0.3) is 0 Å². The lowest BCUT2D eigenvalue weighted by atomic mass is 9.83. The predicted octanol–water partition coefficient (Wildman–Crippen LogP) is 29.7. The van der Waals surface area contributed by atoms with E-state index in [-0.39, 0.29) is 21.7 Å². The van der Waals surface area contributed by atoms with Gasteiger partial charge in [-0.25, -0.2) is 0 Å². The van der Waals surface area contributed by atoms with E-state index >= 15 is 0 Å². The van der Waals surface area contributed by atoms with Crippen molar-refractivity contribution in [2.75, 3.05) is 0 Å². The minimum atomic E-state index is 0.0264. The van der Waals surface area contributed by atoms with Crippen LogP contribution in [0.15, 0.2) is 187 Å². The van der Waals surface area contributed by atoms with Crippen molar-refractivity contribution in [2.24, 2.45) is 0 Å². The number of hydrogen-bond acceptors (Lipinski definition) is 0. The Labute approximate surface area is 759 Å². The number of rotatable bonds is 8. The van der Waals surface area contributed by atoms with Crippen LogP contribution in [-0.4, -0.2) is 0 Å². The number of hydrogen-bond donors (Lipinski definition) is 0. The van der Waals surface area contributed by atoms with Gasteiger partial charge < -0.3 is 0 Å². The SMILES string of the molecule is C#Cc1cc(C#Cc2cc(C#Cc3cc(Br)c([C]c4c(C)cc(C(C)(C)C)cc4C)c(Br)c3)cc(C#Cc3cc(Br)c([C]c4c(C)cc(C(C)(C)C)cc4C)c(Br)c3)c2)cc(C#Cc2cc(C#Cc3cc(Br)c([C]c4c(C)cc(C(C)(C)C)cc4C)c(Br)c3)cc(C#Cc3cc(Br)c([C]c4c(C)cc(C(C)(C)C)cc4C)c(Br)c3)c2)c1. The van der Waals surface area contributed by atoms with Crippen LogP contribution in [0.1, 0.15) is 267 Å².